The lowest BCUT2D eigenvalue weighted by Gasteiger charge is -2.20. The zero-order valence-corrected chi connectivity index (χ0v) is 18.0. The van der Waals surface area contributed by atoms with E-state index in [1.807, 2.05) is 36.4 Å². The summed E-state index contributed by atoms with van der Waals surface area (Å²) in [5.74, 6) is 1.28. The number of nitrogens with zero attached hydrogens (tertiary/aromatic N) is 3. The summed E-state index contributed by atoms with van der Waals surface area (Å²) in [5, 5.41) is 12.3. The molecule has 1 aliphatic rings. The van der Waals surface area contributed by atoms with Gasteiger partial charge in [0.25, 0.3) is 5.91 Å². The van der Waals surface area contributed by atoms with Gasteiger partial charge in [-0.15, -0.1) is 10.2 Å². The fraction of sp³-hybridized carbons (Fsp3) is 0.292. The van der Waals surface area contributed by atoms with Crippen LogP contribution in [0.25, 0.3) is 11.3 Å². The van der Waals surface area contributed by atoms with Gasteiger partial charge in [0.1, 0.15) is 5.75 Å². The highest BCUT2D eigenvalue weighted by Crippen LogP contribution is 2.23. The quantitative estimate of drug-likeness (QED) is 0.575. The second-order valence-corrected chi connectivity index (χ2v) is 7.99. The summed E-state index contributed by atoms with van der Waals surface area (Å²) in [5.41, 5.74) is 2.35. The Labute approximate surface area is 187 Å². The third kappa shape index (κ3) is 5.95. The van der Waals surface area contributed by atoms with Crippen LogP contribution in [0.1, 0.15) is 25.7 Å². The number of hydrogen-bond acceptors (Lipinski definition) is 5. The van der Waals surface area contributed by atoms with Crippen molar-refractivity contribution in [1.82, 2.24) is 10.2 Å². The molecule has 2 aromatic carbocycles. The maximum Gasteiger partial charge on any atom is 0.262 e. The molecule has 2 heterocycles. The van der Waals surface area contributed by atoms with E-state index in [1.165, 1.54) is 25.7 Å². The number of amides is 1. The van der Waals surface area contributed by atoms with Crippen LogP contribution in [0.4, 0.5) is 11.5 Å². The van der Waals surface area contributed by atoms with Crippen molar-refractivity contribution in [3.63, 3.8) is 0 Å². The molecule has 1 N–H and O–H groups in total. The molecular weight excluding hydrogens is 412 g/mol. The summed E-state index contributed by atoms with van der Waals surface area (Å²) >= 11 is 5.85. The molecule has 1 amide bonds. The van der Waals surface area contributed by atoms with Crippen LogP contribution in [-0.2, 0) is 4.79 Å². The van der Waals surface area contributed by atoms with Crippen molar-refractivity contribution in [1.29, 1.82) is 0 Å². The van der Waals surface area contributed by atoms with Gasteiger partial charge in [0.2, 0.25) is 0 Å². The van der Waals surface area contributed by atoms with Gasteiger partial charge in [0, 0.05) is 29.4 Å². The van der Waals surface area contributed by atoms with Crippen LogP contribution in [0.15, 0.2) is 60.7 Å². The smallest absolute Gasteiger partial charge is 0.262 e. The molecule has 31 heavy (non-hydrogen) atoms. The predicted octanol–water partition coefficient (Wildman–Crippen LogP) is 5.19. The van der Waals surface area contributed by atoms with E-state index in [0.29, 0.717) is 16.5 Å². The van der Waals surface area contributed by atoms with E-state index >= 15 is 0 Å². The zero-order chi connectivity index (χ0) is 21.5. The van der Waals surface area contributed by atoms with Gasteiger partial charge in [-0.1, -0.05) is 36.6 Å². The number of nitrogens with one attached hydrogen (secondary N) is 1. The molecule has 160 valence electrons. The van der Waals surface area contributed by atoms with Gasteiger partial charge >= 0.3 is 0 Å². The molecule has 0 spiro atoms. The SMILES string of the molecule is O=C(COc1ccc(Cl)cc1)Nc1cccc(-c2ccc(N3CCCCCC3)nn2)c1. The van der Waals surface area contributed by atoms with Crippen molar-refractivity contribution in [2.75, 3.05) is 29.9 Å². The third-order valence-electron chi connectivity index (χ3n) is 5.21. The topological polar surface area (TPSA) is 67.3 Å². The Morgan fingerprint density at radius 1 is 0.968 bits per heavy atom. The van der Waals surface area contributed by atoms with E-state index in [1.54, 1.807) is 24.3 Å². The molecule has 1 fully saturated rings. The Balaban J connectivity index is 1.37. The number of halogens is 1. The van der Waals surface area contributed by atoms with Gasteiger partial charge in [0.05, 0.1) is 5.69 Å². The fourth-order valence-electron chi connectivity index (χ4n) is 3.58. The van der Waals surface area contributed by atoms with Crippen LogP contribution in [0.5, 0.6) is 5.75 Å². The maximum absolute atomic E-state index is 12.3. The molecule has 4 rings (SSSR count). The van der Waals surface area contributed by atoms with Gasteiger partial charge in [-0.2, -0.15) is 0 Å². The molecule has 3 aromatic rings. The molecule has 0 bridgehead atoms. The van der Waals surface area contributed by atoms with E-state index in [2.05, 4.69) is 20.4 Å². The zero-order valence-electron chi connectivity index (χ0n) is 17.3. The normalized spacial score (nSPS) is 14.0. The van der Waals surface area contributed by atoms with Crippen molar-refractivity contribution in [3.8, 4) is 17.0 Å². The summed E-state index contributed by atoms with van der Waals surface area (Å²) in [4.78, 5) is 14.6. The standard InChI is InChI=1S/C24H25ClN4O2/c25-19-8-10-21(11-9-19)31-17-24(30)26-20-7-5-6-18(16-20)22-12-13-23(28-27-22)29-14-3-1-2-4-15-29/h5-13,16H,1-4,14-15,17H2,(H,26,30). The molecule has 1 aromatic heterocycles. The number of hydrogen-bond donors (Lipinski definition) is 1. The van der Waals surface area contributed by atoms with Crippen molar-refractivity contribution in [2.24, 2.45) is 0 Å². The molecule has 6 nitrogen and oxygen atoms in total. The molecule has 0 aliphatic carbocycles. The minimum Gasteiger partial charge on any atom is -0.484 e. The number of aromatic nitrogens is 2. The maximum atomic E-state index is 12.3. The van der Waals surface area contributed by atoms with Crippen LogP contribution in [0, 0.1) is 0 Å². The highest BCUT2D eigenvalue weighted by atomic mass is 35.5. The lowest BCUT2D eigenvalue weighted by Crippen LogP contribution is -2.25. The molecule has 1 saturated heterocycles. The Morgan fingerprint density at radius 2 is 1.74 bits per heavy atom. The van der Waals surface area contributed by atoms with Gasteiger partial charge in [-0.3, -0.25) is 4.79 Å². The minimum absolute atomic E-state index is 0.0871. The van der Waals surface area contributed by atoms with E-state index in [9.17, 15) is 4.79 Å². The summed E-state index contributed by atoms with van der Waals surface area (Å²) in [6.07, 6.45) is 4.97. The monoisotopic (exact) mass is 436 g/mol. The molecule has 0 saturated carbocycles. The van der Waals surface area contributed by atoms with E-state index in [0.717, 1.165) is 30.2 Å². The third-order valence-corrected chi connectivity index (χ3v) is 5.46. The number of carbonyl (C=O) groups excluding carboxylic acids is 1. The van der Waals surface area contributed by atoms with Gasteiger partial charge in [0.15, 0.2) is 12.4 Å². The second-order valence-electron chi connectivity index (χ2n) is 7.55. The summed E-state index contributed by atoms with van der Waals surface area (Å²) in [7, 11) is 0. The van der Waals surface area contributed by atoms with E-state index < -0.39 is 0 Å². The van der Waals surface area contributed by atoms with Crippen molar-refractivity contribution >= 4 is 29.0 Å². The first-order valence-electron chi connectivity index (χ1n) is 10.5. The van der Waals surface area contributed by atoms with Gasteiger partial charge < -0.3 is 15.0 Å². The summed E-state index contributed by atoms with van der Waals surface area (Å²) in [6, 6.07) is 18.5. The first-order valence-corrected chi connectivity index (χ1v) is 10.9. The number of benzene rings is 2. The number of ether oxygens (including phenoxy) is 1. The average Bonchev–Trinajstić information content (AvgIpc) is 3.09. The Hall–Kier alpha value is -3.12. The molecule has 0 unspecified atom stereocenters. The molecule has 7 heteroatoms. The Bertz CT molecular complexity index is 1000. The predicted molar refractivity (Wildman–Crippen MR) is 124 cm³/mol. The van der Waals surface area contributed by atoms with Crippen LogP contribution in [0.2, 0.25) is 5.02 Å². The van der Waals surface area contributed by atoms with Crippen LogP contribution in [0.3, 0.4) is 0 Å². The second kappa shape index (κ2) is 10.3. The van der Waals surface area contributed by atoms with Gasteiger partial charge in [-0.25, -0.2) is 0 Å². The highest BCUT2D eigenvalue weighted by Gasteiger charge is 2.12. The lowest BCUT2D eigenvalue weighted by atomic mass is 10.1. The Morgan fingerprint density at radius 3 is 2.45 bits per heavy atom. The van der Waals surface area contributed by atoms with E-state index in [4.69, 9.17) is 16.3 Å². The molecule has 1 aliphatic heterocycles. The van der Waals surface area contributed by atoms with Crippen LogP contribution < -0.4 is 15.0 Å². The molecular formula is C24H25ClN4O2. The first-order chi connectivity index (χ1) is 15.2. The summed E-state index contributed by atoms with van der Waals surface area (Å²) < 4.78 is 5.49. The number of carbonyl (C=O) groups is 1. The fourth-order valence-corrected chi connectivity index (χ4v) is 3.71. The number of anilines is 2. The van der Waals surface area contributed by atoms with E-state index in [-0.39, 0.29) is 12.5 Å². The molecule has 0 radical (unpaired) electrons. The largest absolute Gasteiger partial charge is 0.484 e. The minimum atomic E-state index is -0.241. The van der Waals surface area contributed by atoms with Crippen molar-refractivity contribution in [3.05, 3.63) is 65.7 Å². The van der Waals surface area contributed by atoms with Crippen LogP contribution >= 0.6 is 11.6 Å². The number of rotatable bonds is 6. The van der Waals surface area contributed by atoms with Gasteiger partial charge in [-0.05, 0) is 61.4 Å². The summed E-state index contributed by atoms with van der Waals surface area (Å²) in [6.45, 7) is 1.98. The highest BCUT2D eigenvalue weighted by molar-refractivity contribution is 6.30. The average molecular weight is 437 g/mol. The first kappa shape index (κ1) is 21.1. The Kier molecular flexibility index (Phi) is 6.99. The van der Waals surface area contributed by atoms with Crippen molar-refractivity contribution < 1.29 is 9.53 Å². The van der Waals surface area contributed by atoms with Crippen molar-refractivity contribution in [2.45, 2.75) is 25.7 Å². The van der Waals surface area contributed by atoms with Crippen LogP contribution in [-0.4, -0.2) is 35.8 Å². The lowest BCUT2D eigenvalue weighted by molar-refractivity contribution is -0.118. The molecule has 0 atom stereocenters.